The highest BCUT2D eigenvalue weighted by Crippen LogP contribution is 2.25. The lowest BCUT2D eigenvalue weighted by molar-refractivity contribution is 1.16. The molecule has 0 unspecified atom stereocenters. The number of nitrogens with zero attached hydrogens (tertiary/aromatic N) is 8. The highest BCUT2D eigenvalue weighted by molar-refractivity contribution is 6.06. The lowest BCUT2D eigenvalue weighted by Gasteiger charge is -1.91. The molecular weight excluding hydrogens is 500 g/mol. The fourth-order valence-electron chi connectivity index (χ4n) is 5.38. The summed E-state index contributed by atoms with van der Waals surface area (Å²) in [5, 5.41) is 3.74. The minimum atomic E-state index is 0.510. The van der Waals surface area contributed by atoms with Crippen LogP contribution in [0.2, 0.25) is 0 Å². The zero-order chi connectivity index (χ0) is 26.2. The van der Waals surface area contributed by atoms with Crippen LogP contribution in [0, 0.1) is 0 Å². The maximum absolute atomic E-state index is 4.99. The topological polar surface area (TPSA) is 118 Å². The SMILES string of the molecule is c1ccc2c3nc4nc(nc5[nH]c(nc6nc(nc([nH]3)c2c1)c1ccccn61)c1ccccc51)c1ccccn41. The molecule has 0 saturated carbocycles. The van der Waals surface area contributed by atoms with Gasteiger partial charge in [0.15, 0.2) is 11.3 Å². The van der Waals surface area contributed by atoms with Crippen molar-refractivity contribution in [3.63, 3.8) is 0 Å². The number of pyridine rings is 2. The number of H-pyrrole nitrogens is 2. The Balaban J connectivity index is 1.58. The minimum Gasteiger partial charge on any atom is -0.324 e. The Bertz CT molecular complexity index is 2050. The van der Waals surface area contributed by atoms with E-state index in [1.54, 1.807) is 0 Å². The molecule has 9 aromatic rings. The first-order chi connectivity index (χ1) is 19.8. The first-order valence-electron chi connectivity index (χ1n) is 12.8. The number of imidazole rings is 2. The van der Waals surface area contributed by atoms with Crippen molar-refractivity contribution < 1.29 is 0 Å². The summed E-state index contributed by atoms with van der Waals surface area (Å²) < 4.78 is 3.88. The predicted molar refractivity (Wildman–Crippen MR) is 155 cm³/mol. The molecule has 0 aliphatic heterocycles. The van der Waals surface area contributed by atoms with E-state index in [4.69, 9.17) is 29.9 Å². The van der Waals surface area contributed by atoms with E-state index in [9.17, 15) is 0 Å². The monoisotopic (exact) mass is 518 g/mol. The second-order valence-corrected chi connectivity index (χ2v) is 9.57. The zero-order valence-corrected chi connectivity index (χ0v) is 20.8. The number of hydrogen-bond acceptors (Lipinski definition) is 6. The van der Waals surface area contributed by atoms with Crippen LogP contribution in [0.15, 0.2) is 97.3 Å². The van der Waals surface area contributed by atoms with E-state index < -0.39 is 0 Å². The van der Waals surface area contributed by atoms with Gasteiger partial charge in [-0.15, -0.1) is 0 Å². The number of aromatic amines is 2. The average molecular weight is 519 g/mol. The third kappa shape index (κ3) is 2.98. The third-order valence-electron chi connectivity index (χ3n) is 7.23. The molecule has 10 nitrogen and oxygen atoms in total. The Morgan fingerprint density at radius 3 is 1.20 bits per heavy atom. The van der Waals surface area contributed by atoms with Gasteiger partial charge in [0.1, 0.15) is 22.6 Å². The van der Waals surface area contributed by atoms with Crippen LogP contribution in [0.25, 0.3) is 78.0 Å². The Morgan fingerprint density at radius 2 is 0.775 bits per heavy atom. The molecule has 0 saturated heterocycles. The summed E-state index contributed by atoms with van der Waals surface area (Å²) in [7, 11) is 0. The summed E-state index contributed by atoms with van der Waals surface area (Å²) in [5.74, 6) is 1.02. The van der Waals surface area contributed by atoms with Crippen molar-refractivity contribution in [1.82, 2.24) is 48.7 Å². The van der Waals surface area contributed by atoms with E-state index in [0.717, 1.165) is 32.6 Å². The first kappa shape index (κ1) is 21.1. The van der Waals surface area contributed by atoms with Crippen LogP contribution < -0.4 is 0 Å². The lowest BCUT2D eigenvalue weighted by Crippen LogP contribution is -1.85. The summed E-state index contributed by atoms with van der Waals surface area (Å²) in [6, 6.07) is 27.9. The quantitative estimate of drug-likeness (QED) is 0.261. The van der Waals surface area contributed by atoms with E-state index in [-0.39, 0.29) is 0 Å². The predicted octanol–water partition coefficient (Wildman–Crippen LogP) is 5.82. The first-order valence-corrected chi connectivity index (χ1v) is 12.8. The standard InChI is InChI=1S/C30H18N10/c1-3-11-19-17(9-1)23-31-25(19)35-29-38-28(22-14-6-8-16-40(22)29)34-24-18-10-2-4-12-20(18)26(32-24)36-30-37-27(33-23)21-13-5-7-15-39(21)30/h1-16H,(H,31,33,35,38)(H,32,34,36,37). The lowest BCUT2D eigenvalue weighted by atomic mass is 10.2. The van der Waals surface area contributed by atoms with Crippen molar-refractivity contribution >= 4 is 78.0 Å². The summed E-state index contributed by atoms with van der Waals surface area (Å²) in [6.45, 7) is 0. The number of aromatic nitrogens is 10. The van der Waals surface area contributed by atoms with Gasteiger partial charge in [-0.05, 0) is 24.3 Å². The average Bonchev–Trinajstić information content (AvgIpc) is 3.73. The second kappa shape index (κ2) is 7.81. The molecule has 0 radical (unpaired) electrons. The molecule has 0 fully saturated rings. The molecule has 188 valence electrons. The Morgan fingerprint density at radius 1 is 0.400 bits per heavy atom. The van der Waals surface area contributed by atoms with Gasteiger partial charge in [-0.25, -0.2) is 9.97 Å². The molecule has 7 aromatic heterocycles. The number of benzene rings is 2. The van der Waals surface area contributed by atoms with E-state index in [1.165, 1.54) is 0 Å². The maximum Gasteiger partial charge on any atom is 0.238 e. The van der Waals surface area contributed by atoms with Gasteiger partial charge in [-0.2, -0.15) is 19.9 Å². The van der Waals surface area contributed by atoms with Gasteiger partial charge in [0.2, 0.25) is 11.6 Å². The highest BCUT2D eigenvalue weighted by atomic mass is 15.2. The van der Waals surface area contributed by atoms with Gasteiger partial charge in [0.05, 0.1) is 11.0 Å². The van der Waals surface area contributed by atoms with Crippen molar-refractivity contribution in [2.45, 2.75) is 0 Å². The fourth-order valence-corrected chi connectivity index (χ4v) is 5.38. The summed E-state index contributed by atoms with van der Waals surface area (Å²) in [4.78, 5) is 36.5. The number of hydrogen-bond donors (Lipinski definition) is 2. The van der Waals surface area contributed by atoms with Crippen LogP contribution in [0.4, 0.5) is 0 Å². The molecule has 0 aliphatic rings. The van der Waals surface area contributed by atoms with Crippen LogP contribution in [0.3, 0.4) is 0 Å². The van der Waals surface area contributed by atoms with Crippen molar-refractivity contribution in [3.8, 4) is 0 Å². The van der Waals surface area contributed by atoms with Gasteiger partial charge < -0.3 is 9.97 Å². The molecule has 8 bridgehead atoms. The molecule has 9 rings (SSSR count). The largest absolute Gasteiger partial charge is 0.324 e. The summed E-state index contributed by atoms with van der Waals surface area (Å²) >= 11 is 0. The van der Waals surface area contributed by atoms with Crippen molar-refractivity contribution in [1.29, 1.82) is 0 Å². The van der Waals surface area contributed by atoms with Gasteiger partial charge in [-0.3, -0.25) is 8.80 Å². The van der Waals surface area contributed by atoms with Gasteiger partial charge in [0, 0.05) is 33.9 Å². The molecule has 0 amide bonds. The molecule has 40 heavy (non-hydrogen) atoms. The molecular formula is C30H18N10. The molecule has 2 aromatic carbocycles. The van der Waals surface area contributed by atoms with E-state index in [2.05, 4.69) is 9.97 Å². The highest BCUT2D eigenvalue weighted by Gasteiger charge is 2.12. The van der Waals surface area contributed by atoms with Gasteiger partial charge in [-0.1, -0.05) is 60.7 Å². The molecule has 0 aliphatic carbocycles. The van der Waals surface area contributed by atoms with Crippen molar-refractivity contribution in [3.05, 3.63) is 97.3 Å². The summed E-state index contributed by atoms with van der Waals surface area (Å²) in [6.07, 6.45) is 3.88. The fraction of sp³-hybridized carbons (Fsp3) is 0. The van der Waals surface area contributed by atoms with Crippen molar-refractivity contribution in [2.24, 2.45) is 0 Å². The third-order valence-corrected chi connectivity index (χ3v) is 7.23. The Kier molecular flexibility index (Phi) is 4.11. The van der Waals surface area contributed by atoms with Crippen LogP contribution in [0.5, 0.6) is 0 Å². The zero-order valence-electron chi connectivity index (χ0n) is 20.8. The van der Waals surface area contributed by atoms with E-state index >= 15 is 0 Å². The van der Waals surface area contributed by atoms with Crippen LogP contribution >= 0.6 is 0 Å². The molecule has 0 atom stereocenters. The molecule has 2 N–H and O–H groups in total. The normalized spacial score (nSPS) is 12.0. The molecule has 0 spiro atoms. The number of rotatable bonds is 0. The van der Waals surface area contributed by atoms with Crippen LogP contribution in [-0.4, -0.2) is 48.7 Å². The Hall–Kier alpha value is -5.90. The van der Waals surface area contributed by atoms with Gasteiger partial charge in [0.25, 0.3) is 0 Å². The number of nitrogens with one attached hydrogen (secondary N) is 2. The van der Waals surface area contributed by atoms with Crippen molar-refractivity contribution in [2.75, 3.05) is 0 Å². The summed E-state index contributed by atoms with van der Waals surface area (Å²) in [5.41, 5.74) is 5.43. The molecule has 10 heteroatoms. The van der Waals surface area contributed by atoms with E-state index in [0.29, 0.717) is 45.4 Å². The minimum absolute atomic E-state index is 0.510. The number of fused-ring (bicyclic) bond motifs is 20. The van der Waals surface area contributed by atoms with E-state index in [1.807, 2.05) is 106 Å². The second-order valence-electron chi connectivity index (χ2n) is 9.57. The van der Waals surface area contributed by atoms with Crippen LogP contribution in [0.1, 0.15) is 0 Å². The van der Waals surface area contributed by atoms with Gasteiger partial charge >= 0.3 is 0 Å². The Labute approximate surface area is 224 Å². The smallest absolute Gasteiger partial charge is 0.238 e. The van der Waals surface area contributed by atoms with Crippen LogP contribution in [-0.2, 0) is 0 Å². The maximum atomic E-state index is 4.99. The molecule has 7 heterocycles.